The van der Waals surface area contributed by atoms with Crippen LogP contribution >= 0.6 is 0 Å². The van der Waals surface area contributed by atoms with Gasteiger partial charge in [-0.1, -0.05) is 6.92 Å². The summed E-state index contributed by atoms with van der Waals surface area (Å²) in [5, 5.41) is 64.4. The molecule has 1 amide bonds. The number of amides is 1. The van der Waals surface area contributed by atoms with Gasteiger partial charge in [0.1, 0.15) is 42.7 Å². The van der Waals surface area contributed by atoms with Crippen molar-refractivity contribution in [2.24, 2.45) is 11.7 Å². The van der Waals surface area contributed by atoms with Crippen molar-refractivity contribution in [2.45, 2.75) is 99.7 Å². The number of carbonyl (C=O) groups excluding carboxylic acids is 1. The third-order valence-electron chi connectivity index (χ3n) is 7.34. The molecule has 15 atom stereocenters. The quantitative estimate of drug-likeness (QED) is 0.128. The molecule has 3 fully saturated rings. The molecule has 0 aromatic rings. The molecule has 9 unspecified atom stereocenters. The lowest BCUT2D eigenvalue weighted by atomic mass is 9.89. The highest BCUT2D eigenvalue weighted by Gasteiger charge is 2.54. The summed E-state index contributed by atoms with van der Waals surface area (Å²) in [5.41, 5.74) is 9.96. The molecule has 0 saturated carbocycles. The summed E-state index contributed by atoms with van der Waals surface area (Å²) >= 11 is 0. The summed E-state index contributed by atoms with van der Waals surface area (Å²) in [7, 11) is 1.31. The smallest absolute Gasteiger partial charge is 0.217 e. The monoisotopic (exact) mass is 556 g/mol. The Morgan fingerprint density at radius 1 is 0.868 bits per heavy atom. The minimum Gasteiger partial charge on any atom is -0.394 e. The van der Waals surface area contributed by atoms with Crippen molar-refractivity contribution in [3.63, 3.8) is 0 Å². The van der Waals surface area contributed by atoms with E-state index in [0.29, 0.717) is 0 Å². The molecule has 12 N–H and O–H groups in total. The van der Waals surface area contributed by atoms with Crippen LogP contribution in [0.15, 0.2) is 0 Å². The Morgan fingerprint density at radius 2 is 1.37 bits per heavy atom. The third-order valence-corrected chi connectivity index (χ3v) is 7.34. The number of methoxy groups -OCH3 is 1. The Balaban J connectivity index is 1.75. The zero-order valence-corrected chi connectivity index (χ0v) is 21.6. The first kappa shape index (κ1) is 31.4. The molecule has 0 bridgehead atoms. The molecule has 0 aromatic carbocycles. The SMILES string of the molecule is COC1OC(CO)[C@@H](OC2OC(CO)[C@@H](OC3OC(CO)[C@@H](C)[C@H](O)C3N)[C@H](O)C2[NH3+])[C@H](O)C1NC(C)=O. The number of aliphatic hydroxyl groups excluding tert-OH is 6. The van der Waals surface area contributed by atoms with Gasteiger partial charge in [0.25, 0.3) is 0 Å². The van der Waals surface area contributed by atoms with Crippen molar-refractivity contribution >= 4 is 5.91 Å². The Kier molecular flexibility index (Phi) is 11.2. The van der Waals surface area contributed by atoms with E-state index < -0.39 is 117 Å². The largest absolute Gasteiger partial charge is 0.394 e. The van der Waals surface area contributed by atoms with Gasteiger partial charge in [-0.05, 0) is 0 Å². The molecular weight excluding hydrogens is 514 g/mol. The van der Waals surface area contributed by atoms with Gasteiger partial charge in [-0.15, -0.1) is 0 Å². The van der Waals surface area contributed by atoms with Gasteiger partial charge in [0.15, 0.2) is 18.6 Å². The van der Waals surface area contributed by atoms with Crippen LogP contribution in [-0.2, 0) is 33.2 Å². The van der Waals surface area contributed by atoms with Crippen LogP contribution in [-0.4, -0.2) is 149 Å². The lowest BCUT2D eigenvalue weighted by Crippen LogP contribution is -2.79. The number of nitrogens with one attached hydrogen (secondary N) is 1. The van der Waals surface area contributed by atoms with Crippen LogP contribution in [0.25, 0.3) is 0 Å². The highest BCUT2D eigenvalue weighted by atomic mass is 16.7. The predicted octanol–water partition coefficient (Wildman–Crippen LogP) is -6.28. The van der Waals surface area contributed by atoms with Gasteiger partial charge in [-0.3, -0.25) is 4.79 Å². The van der Waals surface area contributed by atoms with Crippen molar-refractivity contribution < 1.29 is 69.6 Å². The van der Waals surface area contributed by atoms with Crippen LogP contribution in [0.4, 0.5) is 0 Å². The normalized spacial score (nSPS) is 48.0. The van der Waals surface area contributed by atoms with Crippen molar-refractivity contribution in [3.05, 3.63) is 0 Å². The average molecular weight is 557 g/mol. The summed E-state index contributed by atoms with van der Waals surface area (Å²) in [4.78, 5) is 11.7. The molecule has 0 spiro atoms. The van der Waals surface area contributed by atoms with E-state index in [2.05, 4.69) is 11.1 Å². The van der Waals surface area contributed by atoms with E-state index in [1.807, 2.05) is 0 Å². The lowest BCUT2D eigenvalue weighted by Gasteiger charge is -2.48. The maximum Gasteiger partial charge on any atom is 0.217 e. The molecule has 0 aliphatic carbocycles. The number of hydrogen-bond acceptors (Lipinski definition) is 14. The molecule has 38 heavy (non-hydrogen) atoms. The summed E-state index contributed by atoms with van der Waals surface area (Å²) in [6.07, 6.45) is -13.0. The van der Waals surface area contributed by atoms with Gasteiger partial charge >= 0.3 is 0 Å². The first-order valence-electron chi connectivity index (χ1n) is 12.5. The van der Waals surface area contributed by atoms with E-state index in [0.717, 1.165) is 0 Å². The van der Waals surface area contributed by atoms with Gasteiger partial charge in [-0.25, -0.2) is 0 Å². The predicted molar refractivity (Wildman–Crippen MR) is 123 cm³/mol. The van der Waals surface area contributed by atoms with E-state index in [4.69, 9.17) is 34.2 Å². The fourth-order valence-corrected chi connectivity index (χ4v) is 5.01. The Labute approximate surface area is 219 Å². The second kappa shape index (κ2) is 13.5. The minimum absolute atomic E-state index is 0.396. The minimum atomic E-state index is -1.42. The highest BCUT2D eigenvalue weighted by molar-refractivity contribution is 5.73. The molecule has 3 saturated heterocycles. The van der Waals surface area contributed by atoms with E-state index in [1.54, 1.807) is 6.92 Å². The second-order valence-electron chi connectivity index (χ2n) is 9.91. The van der Waals surface area contributed by atoms with Gasteiger partial charge < -0.3 is 75.8 Å². The molecular formula is C22H42N3O13+. The molecule has 3 aliphatic heterocycles. The van der Waals surface area contributed by atoms with Crippen LogP contribution in [0.3, 0.4) is 0 Å². The summed E-state index contributed by atoms with van der Waals surface area (Å²) in [6, 6.07) is -3.12. The number of rotatable bonds is 9. The lowest BCUT2D eigenvalue weighted by molar-refractivity contribution is -0.510. The van der Waals surface area contributed by atoms with Crippen LogP contribution in [0.1, 0.15) is 13.8 Å². The molecule has 3 aliphatic rings. The third kappa shape index (κ3) is 6.45. The van der Waals surface area contributed by atoms with Crippen molar-refractivity contribution in [1.29, 1.82) is 0 Å². The Hall–Kier alpha value is -1.09. The highest BCUT2D eigenvalue weighted by Crippen LogP contribution is 2.32. The molecule has 3 heterocycles. The first-order valence-corrected chi connectivity index (χ1v) is 12.5. The molecule has 222 valence electrons. The van der Waals surface area contributed by atoms with Crippen LogP contribution in [0, 0.1) is 5.92 Å². The zero-order valence-electron chi connectivity index (χ0n) is 21.6. The van der Waals surface area contributed by atoms with Gasteiger partial charge in [0, 0.05) is 20.0 Å². The number of aliphatic hydroxyl groups is 6. The van der Waals surface area contributed by atoms with E-state index in [1.165, 1.54) is 14.0 Å². The average Bonchev–Trinajstić information content (AvgIpc) is 2.90. The first-order chi connectivity index (χ1) is 18.0. The van der Waals surface area contributed by atoms with Gasteiger partial charge in [0.2, 0.25) is 12.2 Å². The number of hydrogen-bond donors (Lipinski definition) is 9. The summed E-state index contributed by atoms with van der Waals surface area (Å²) < 4.78 is 34.1. The standard InChI is InChI=1S/C22H41N3O13/c1-7-9(4-26)34-20(12(23)15(7)30)37-18-10(5-27)35-21(13(24)16(18)31)38-19-11(6-28)36-22(33-3)14(17(19)32)25-8(2)29/h7,9-22,26-28,30-32H,4-6,23-24H2,1-3H3,(H,25,29)/p+1/t7-,9?,10?,11?,12?,13?,14?,15+,16-,17-,18-,19-,20?,21?,22?/m1/s1. The van der Waals surface area contributed by atoms with Crippen LogP contribution in [0.2, 0.25) is 0 Å². The van der Waals surface area contributed by atoms with Crippen molar-refractivity contribution in [2.75, 3.05) is 26.9 Å². The van der Waals surface area contributed by atoms with Crippen LogP contribution < -0.4 is 16.8 Å². The number of carbonyl (C=O) groups is 1. The maximum absolute atomic E-state index is 11.7. The van der Waals surface area contributed by atoms with E-state index in [9.17, 15) is 35.4 Å². The van der Waals surface area contributed by atoms with E-state index in [-0.39, 0.29) is 0 Å². The maximum atomic E-state index is 11.7. The van der Waals surface area contributed by atoms with Crippen LogP contribution in [0.5, 0.6) is 0 Å². The fourth-order valence-electron chi connectivity index (χ4n) is 5.01. The fraction of sp³-hybridized carbons (Fsp3) is 0.955. The molecule has 16 nitrogen and oxygen atoms in total. The number of nitrogens with two attached hydrogens (primary N) is 1. The van der Waals surface area contributed by atoms with Crippen molar-refractivity contribution in [1.82, 2.24) is 5.32 Å². The molecule has 0 aromatic heterocycles. The molecule has 16 heteroatoms. The Morgan fingerprint density at radius 3 is 1.89 bits per heavy atom. The van der Waals surface area contributed by atoms with Gasteiger partial charge in [-0.2, -0.15) is 0 Å². The molecule has 0 radical (unpaired) electrons. The van der Waals surface area contributed by atoms with E-state index >= 15 is 0 Å². The number of ether oxygens (including phenoxy) is 6. The Bertz CT molecular complexity index is 764. The summed E-state index contributed by atoms with van der Waals surface area (Å²) in [6.45, 7) is 1.30. The van der Waals surface area contributed by atoms with Gasteiger partial charge in [0.05, 0.1) is 38.1 Å². The molecule has 3 rings (SSSR count). The van der Waals surface area contributed by atoms with Crippen molar-refractivity contribution in [3.8, 4) is 0 Å². The number of quaternary nitrogens is 1. The second-order valence-corrected chi connectivity index (χ2v) is 9.91. The summed E-state index contributed by atoms with van der Waals surface area (Å²) in [5.74, 6) is -0.941. The zero-order chi connectivity index (χ0) is 28.3. The topological polar surface area (TPSA) is 260 Å².